The Kier molecular flexibility index (Phi) is 5.08. The van der Waals surface area contributed by atoms with Crippen LogP contribution in [0.25, 0.3) is 0 Å². The minimum atomic E-state index is -0.319. The summed E-state index contributed by atoms with van der Waals surface area (Å²) >= 11 is 0. The molecule has 0 N–H and O–H groups in total. The topological polar surface area (TPSA) is 56.8 Å². The second-order valence-electron chi connectivity index (χ2n) is 7.49. The summed E-state index contributed by atoms with van der Waals surface area (Å²) in [4.78, 5) is 35.6. The van der Waals surface area contributed by atoms with E-state index in [2.05, 4.69) is 30.9 Å². The first-order valence-electron chi connectivity index (χ1n) is 9.04. The molecule has 2 amide bonds. The molecule has 6 nitrogen and oxygen atoms in total. The van der Waals surface area contributed by atoms with Crippen molar-refractivity contribution in [3.05, 3.63) is 30.1 Å². The second-order valence-corrected chi connectivity index (χ2v) is 7.49. The molecule has 2 fully saturated rings. The molecule has 4 atom stereocenters. The molecule has 1 aromatic rings. The molecule has 0 aromatic carbocycles. The number of likely N-dealkylation sites (N-methyl/N-ethyl adjacent to an activating group) is 1. The van der Waals surface area contributed by atoms with Gasteiger partial charge in [0, 0.05) is 45.0 Å². The van der Waals surface area contributed by atoms with Crippen molar-refractivity contribution < 1.29 is 9.59 Å². The third-order valence-electron chi connectivity index (χ3n) is 5.84. The summed E-state index contributed by atoms with van der Waals surface area (Å²) in [5, 5.41) is 0. The molecule has 0 unspecified atom stereocenters. The fourth-order valence-corrected chi connectivity index (χ4v) is 4.35. The van der Waals surface area contributed by atoms with Gasteiger partial charge in [-0.1, -0.05) is 19.4 Å². The lowest BCUT2D eigenvalue weighted by atomic mass is 9.93. The Balaban J connectivity index is 1.82. The van der Waals surface area contributed by atoms with Gasteiger partial charge in [0.1, 0.15) is 0 Å². The summed E-state index contributed by atoms with van der Waals surface area (Å²) in [5.41, 5.74) is 0.935. The Labute approximate surface area is 149 Å². The van der Waals surface area contributed by atoms with E-state index in [1.54, 1.807) is 24.3 Å². The molecule has 0 aliphatic carbocycles. The summed E-state index contributed by atoms with van der Waals surface area (Å²) in [6, 6.07) is 3.99. The number of pyridine rings is 1. The number of hydrogen-bond acceptors (Lipinski definition) is 4. The van der Waals surface area contributed by atoms with Crippen LogP contribution in [0.15, 0.2) is 24.5 Å². The second kappa shape index (κ2) is 7.12. The predicted octanol–water partition coefficient (Wildman–Crippen LogP) is 1.40. The van der Waals surface area contributed by atoms with Crippen molar-refractivity contribution in [2.75, 3.05) is 34.2 Å². The van der Waals surface area contributed by atoms with Gasteiger partial charge in [0.25, 0.3) is 0 Å². The molecule has 2 aliphatic heterocycles. The molecule has 0 bridgehead atoms. The van der Waals surface area contributed by atoms with E-state index in [0.717, 1.165) is 25.1 Å². The molecule has 136 valence electrons. The highest BCUT2D eigenvalue weighted by molar-refractivity contribution is 5.90. The molecule has 3 rings (SSSR count). The first kappa shape index (κ1) is 17.9. The average Bonchev–Trinajstić information content (AvgIpc) is 3.17. The van der Waals surface area contributed by atoms with E-state index in [-0.39, 0.29) is 30.2 Å². The number of nitrogens with zero attached hydrogens (tertiary/aromatic N) is 4. The first-order valence-corrected chi connectivity index (χ1v) is 9.04. The summed E-state index contributed by atoms with van der Waals surface area (Å²) in [5.74, 6) is 0.308. The first-order chi connectivity index (χ1) is 11.9. The van der Waals surface area contributed by atoms with Crippen molar-refractivity contribution in [2.24, 2.45) is 11.8 Å². The maximum atomic E-state index is 13.3. The standard InChI is InChI=1S/C19H28N4O2/c1-5-13-11-23(12-16(13)21(2)3)19(25)15-9-17(24)22(4)18(15)14-7-6-8-20-10-14/h6-8,10,13,15-16,18H,5,9,11-12H2,1-4H3/t13-,15-,16+,18-/m1/s1. The van der Waals surface area contributed by atoms with Crippen molar-refractivity contribution in [3.63, 3.8) is 0 Å². The number of rotatable bonds is 4. The van der Waals surface area contributed by atoms with Gasteiger partial charge >= 0.3 is 0 Å². The number of aromatic nitrogens is 1. The summed E-state index contributed by atoms with van der Waals surface area (Å²) in [6.07, 6.45) is 4.82. The molecule has 3 heterocycles. The van der Waals surface area contributed by atoms with Crippen LogP contribution in [0.3, 0.4) is 0 Å². The van der Waals surface area contributed by atoms with Crippen molar-refractivity contribution in [3.8, 4) is 0 Å². The summed E-state index contributed by atoms with van der Waals surface area (Å²) < 4.78 is 0. The van der Waals surface area contributed by atoms with Gasteiger partial charge in [0.2, 0.25) is 11.8 Å². The third-order valence-corrected chi connectivity index (χ3v) is 5.84. The van der Waals surface area contributed by atoms with Gasteiger partial charge in [-0.05, 0) is 31.6 Å². The summed E-state index contributed by atoms with van der Waals surface area (Å²) in [7, 11) is 5.94. The van der Waals surface area contributed by atoms with E-state index in [1.165, 1.54) is 0 Å². The number of hydrogen-bond donors (Lipinski definition) is 0. The highest BCUT2D eigenvalue weighted by atomic mass is 16.2. The normalized spacial score (nSPS) is 29.7. The number of amides is 2. The van der Waals surface area contributed by atoms with Crippen LogP contribution in [0.4, 0.5) is 0 Å². The highest BCUT2D eigenvalue weighted by Gasteiger charge is 2.46. The van der Waals surface area contributed by atoms with E-state index < -0.39 is 0 Å². The lowest BCUT2D eigenvalue weighted by molar-refractivity contribution is -0.135. The van der Waals surface area contributed by atoms with Crippen molar-refractivity contribution in [2.45, 2.75) is 31.8 Å². The smallest absolute Gasteiger partial charge is 0.228 e. The van der Waals surface area contributed by atoms with E-state index in [1.807, 2.05) is 17.0 Å². The molecule has 2 saturated heterocycles. The van der Waals surface area contributed by atoms with E-state index in [0.29, 0.717) is 12.0 Å². The maximum absolute atomic E-state index is 13.3. The van der Waals surface area contributed by atoms with Gasteiger partial charge in [-0.25, -0.2) is 0 Å². The Bertz CT molecular complexity index is 634. The van der Waals surface area contributed by atoms with Crippen LogP contribution in [0, 0.1) is 11.8 Å². The van der Waals surface area contributed by atoms with Crippen LogP contribution in [0.5, 0.6) is 0 Å². The fourth-order valence-electron chi connectivity index (χ4n) is 4.35. The molecule has 0 radical (unpaired) electrons. The monoisotopic (exact) mass is 344 g/mol. The van der Waals surface area contributed by atoms with Crippen molar-refractivity contribution >= 4 is 11.8 Å². The Morgan fingerprint density at radius 3 is 2.68 bits per heavy atom. The van der Waals surface area contributed by atoms with E-state index in [9.17, 15) is 9.59 Å². The largest absolute Gasteiger partial charge is 0.340 e. The van der Waals surface area contributed by atoms with Gasteiger partial charge in [-0.3, -0.25) is 14.6 Å². The van der Waals surface area contributed by atoms with Crippen LogP contribution in [-0.4, -0.2) is 71.8 Å². The van der Waals surface area contributed by atoms with Gasteiger partial charge in [-0.15, -0.1) is 0 Å². The van der Waals surface area contributed by atoms with E-state index >= 15 is 0 Å². The number of carbonyl (C=O) groups excluding carboxylic acids is 2. The predicted molar refractivity (Wildman–Crippen MR) is 95.7 cm³/mol. The quantitative estimate of drug-likeness (QED) is 0.828. The number of carbonyl (C=O) groups is 2. The Hall–Kier alpha value is -1.95. The average molecular weight is 344 g/mol. The molecule has 2 aliphatic rings. The van der Waals surface area contributed by atoms with Gasteiger partial charge in [0.05, 0.1) is 12.0 Å². The minimum Gasteiger partial charge on any atom is -0.340 e. The molecule has 25 heavy (non-hydrogen) atoms. The summed E-state index contributed by atoms with van der Waals surface area (Å²) in [6.45, 7) is 3.71. The highest BCUT2D eigenvalue weighted by Crippen LogP contribution is 2.39. The minimum absolute atomic E-state index is 0.0302. The Morgan fingerprint density at radius 1 is 1.36 bits per heavy atom. The van der Waals surface area contributed by atoms with Crippen LogP contribution < -0.4 is 0 Å². The maximum Gasteiger partial charge on any atom is 0.228 e. The zero-order chi connectivity index (χ0) is 18.1. The van der Waals surface area contributed by atoms with Crippen LogP contribution in [0.2, 0.25) is 0 Å². The van der Waals surface area contributed by atoms with Gasteiger partial charge in [0.15, 0.2) is 0 Å². The molecule has 0 saturated carbocycles. The van der Waals surface area contributed by atoms with Crippen molar-refractivity contribution in [1.82, 2.24) is 19.7 Å². The lowest BCUT2D eigenvalue weighted by Gasteiger charge is -2.28. The molecular weight excluding hydrogens is 316 g/mol. The SMILES string of the molecule is CC[C@@H]1CN(C(=O)[C@@H]2CC(=O)N(C)[C@@H]2c2cccnc2)C[C@@H]1N(C)C. The van der Waals surface area contributed by atoms with Crippen LogP contribution in [-0.2, 0) is 9.59 Å². The Morgan fingerprint density at radius 2 is 2.12 bits per heavy atom. The van der Waals surface area contributed by atoms with Gasteiger partial charge in [-0.2, -0.15) is 0 Å². The van der Waals surface area contributed by atoms with Crippen molar-refractivity contribution in [1.29, 1.82) is 0 Å². The zero-order valence-electron chi connectivity index (χ0n) is 15.6. The number of likely N-dealkylation sites (tertiary alicyclic amines) is 2. The lowest BCUT2D eigenvalue weighted by Crippen LogP contribution is -2.39. The fraction of sp³-hybridized carbons (Fsp3) is 0.632. The molecule has 6 heteroatoms. The molecular formula is C19H28N4O2. The molecule has 0 spiro atoms. The third kappa shape index (κ3) is 3.27. The van der Waals surface area contributed by atoms with Crippen LogP contribution in [0.1, 0.15) is 31.4 Å². The van der Waals surface area contributed by atoms with Crippen LogP contribution >= 0.6 is 0 Å². The zero-order valence-corrected chi connectivity index (χ0v) is 15.6. The van der Waals surface area contributed by atoms with E-state index in [4.69, 9.17) is 0 Å². The van der Waals surface area contributed by atoms with Gasteiger partial charge < -0.3 is 14.7 Å². The molecule has 1 aromatic heterocycles.